The van der Waals surface area contributed by atoms with E-state index in [0.717, 1.165) is 6.08 Å². The molecule has 0 rings (SSSR count). The van der Waals surface area contributed by atoms with Crippen LogP contribution < -0.4 is 0 Å². The third-order valence-electron chi connectivity index (χ3n) is 0.328. The average Bonchev–Trinajstić information content (AvgIpc) is 1.30. The second-order valence-corrected chi connectivity index (χ2v) is 2.53. The van der Waals surface area contributed by atoms with E-state index >= 15 is 0 Å². The Morgan fingerprint density at radius 1 is 1.62 bits per heavy atom. The van der Waals surface area contributed by atoms with Gasteiger partial charge in [0.2, 0.25) is 0 Å². The van der Waals surface area contributed by atoms with Crippen LogP contribution in [0.5, 0.6) is 0 Å². The van der Waals surface area contributed by atoms with Crippen molar-refractivity contribution >= 4 is 10.1 Å². The van der Waals surface area contributed by atoms with Gasteiger partial charge in [-0.3, -0.25) is 4.55 Å². The van der Waals surface area contributed by atoms with E-state index in [-0.39, 0.29) is 55.1 Å². The summed E-state index contributed by atoms with van der Waals surface area (Å²) in [4.78, 5) is 0. The first-order chi connectivity index (χ1) is 3.06. The topological polar surface area (TPSA) is 54.4 Å². The minimum Gasteiger partial charge on any atom is -0.285 e. The molecule has 0 bridgehead atoms. The molecule has 0 aromatic carbocycles. The second kappa shape index (κ2) is 5.05. The predicted molar refractivity (Wildman–Crippen MR) is 26.6 cm³/mol. The fraction of sp³-hybridized carbons (Fsp3) is 0.333. The van der Waals surface area contributed by atoms with Crippen molar-refractivity contribution in [3.05, 3.63) is 12.7 Å². The van der Waals surface area contributed by atoms with Crippen LogP contribution in [0.3, 0.4) is 0 Å². The van der Waals surface area contributed by atoms with Crippen LogP contribution in [-0.2, 0) is 10.1 Å². The van der Waals surface area contributed by atoms with Gasteiger partial charge in [0, 0.05) is 49.4 Å². The molecule has 0 amide bonds. The normalized spacial score (nSPS) is 9.62. The third-order valence-corrected chi connectivity index (χ3v) is 0.985. The summed E-state index contributed by atoms with van der Waals surface area (Å²) in [6.07, 6.45) is 1.12. The summed E-state index contributed by atoms with van der Waals surface area (Å²) < 4.78 is 27.3. The maximum atomic E-state index is 9.72. The molecule has 5 heteroatoms. The smallest absolute Gasteiger partial charge is 0.268 e. The molecule has 0 spiro atoms. The summed E-state index contributed by atoms with van der Waals surface area (Å²) in [5, 5.41) is 0. The number of hydrogen-bond acceptors (Lipinski definition) is 2. The zero-order valence-electron chi connectivity index (χ0n) is 4.04. The molecule has 0 atom stereocenters. The molecule has 0 fully saturated rings. The average molecular weight is 274 g/mol. The molecule has 0 aliphatic carbocycles. The number of hydrogen-bond donors (Lipinski definition) is 1. The van der Waals surface area contributed by atoms with E-state index in [9.17, 15) is 8.42 Å². The van der Waals surface area contributed by atoms with E-state index in [1.54, 1.807) is 0 Å². The first-order valence-electron chi connectivity index (χ1n) is 1.62. The zero-order valence-corrected chi connectivity index (χ0v) is 7.28. The number of rotatable bonds is 2. The van der Waals surface area contributed by atoms with Gasteiger partial charge in [0.25, 0.3) is 10.1 Å². The minimum atomic E-state index is -3.79. The van der Waals surface area contributed by atoms with Gasteiger partial charge < -0.3 is 0 Å². The van der Waals surface area contributed by atoms with E-state index in [1.165, 1.54) is 0 Å². The third kappa shape index (κ3) is 10.3. The molecule has 0 heterocycles. The van der Waals surface area contributed by atoms with E-state index in [4.69, 9.17) is 4.55 Å². The van der Waals surface area contributed by atoms with Crippen molar-refractivity contribution in [3.63, 3.8) is 0 Å². The van der Waals surface area contributed by atoms with Gasteiger partial charge in [0.15, 0.2) is 0 Å². The van der Waals surface area contributed by atoms with Crippen molar-refractivity contribution in [2.75, 3.05) is 5.75 Å². The molecular formula is C3H6EuO3S. The molecular weight excluding hydrogens is 268 g/mol. The van der Waals surface area contributed by atoms with Crippen molar-refractivity contribution in [3.8, 4) is 0 Å². The summed E-state index contributed by atoms with van der Waals surface area (Å²) in [6.45, 7) is 3.11. The molecule has 8 heavy (non-hydrogen) atoms. The van der Waals surface area contributed by atoms with Gasteiger partial charge in [-0.1, -0.05) is 6.08 Å². The summed E-state index contributed by atoms with van der Waals surface area (Å²) in [5.41, 5.74) is 0. The van der Waals surface area contributed by atoms with Gasteiger partial charge in [-0.25, -0.2) is 0 Å². The van der Waals surface area contributed by atoms with E-state index < -0.39 is 10.1 Å². The monoisotopic (exact) mass is 275 g/mol. The van der Waals surface area contributed by atoms with Crippen molar-refractivity contribution in [1.29, 1.82) is 0 Å². The van der Waals surface area contributed by atoms with Crippen LogP contribution in [0.25, 0.3) is 0 Å². The summed E-state index contributed by atoms with van der Waals surface area (Å²) in [7, 11) is -3.79. The molecule has 49 valence electrons. The van der Waals surface area contributed by atoms with Crippen molar-refractivity contribution in [2.24, 2.45) is 0 Å². The van der Waals surface area contributed by atoms with E-state index in [0.29, 0.717) is 0 Å². The molecule has 0 aromatic heterocycles. The van der Waals surface area contributed by atoms with Crippen LogP contribution in [0.2, 0.25) is 0 Å². The Morgan fingerprint density at radius 3 is 2.00 bits per heavy atom. The van der Waals surface area contributed by atoms with Crippen LogP contribution >= 0.6 is 0 Å². The molecule has 0 aliphatic rings. The Bertz CT molecular complexity index is 148. The Hall–Kier alpha value is 1.23. The first kappa shape index (κ1) is 12.0. The van der Waals surface area contributed by atoms with E-state index in [2.05, 4.69) is 6.58 Å². The maximum absolute atomic E-state index is 9.72. The maximum Gasteiger partial charge on any atom is 0.268 e. The fourth-order valence-electron chi connectivity index (χ4n) is 0.149. The van der Waals surface area contributed by atoms with Crippen LogP contribution in [0, 0.1) is 49.4 Å². The Morgan fingerprint density at radius 2 is 2.00 bits per heavy atom. The Labute approximate surface area is 89.4 Å². The minimum absolute atomic E-state index is 0. The van der Waals surface area contributed by atoms with Crippen LogP contribution in [0.4, 0.5) is 0 Å². The standard InChI is InChI=1S/C3H6O3S.Eu/c1-2-3-7(4,5)6;/h2H,1,3H2,(H,4,5,6);. The molecule has 0 saturated heterocycles. The summed E-state index contributed by atoms with van der Waals surface area (Å²) in [6, 6.07) is 0. The summed E-state index contributed by atoms with van der Waals surface area (Å²) in [5.74, 6) is -0.368. The van der Waals surface area contributed by atoms with Gasteiger partial charge in [0.1, 0.15) is 0 Å². The summed E-state index contributed by atoms with van der Waals surface area (Å²) >= 11 is 0. The van der Waals surface area contributed by atoms with Crippen LogP contribution in [-0.4, -0.2) is 18.7 Å². The van der Waals surface area contributed by atoms with Crippen LogP contribution in [0.15, 0.2) is 12.7 Å². The fourth-order valence-corrected chi connectivity index (χ4v) is 0.447. The molecule has 0 unspecified atom stereocenters. The second-order valence-electron chi connectivity index (χ2n) is 1.04. The SMILES string of the molecule is C=CCS(=O)(=O)O.[Eu]. The molecule has 1 N–H and O–H groups in total. The first-order valence-corrected chi connectivity index (χ1v) is 3.23. The Balaban J connectivity index is 0. The van der Waals surface area contributed by atoms with Gasteiger partial charge in [0.05, 0.1) is 5.75 Å². The van der Waals surface area contributed by atoms with Crippen molar-refractivity contribution in [2.45, 2.75) is 0 Å². The molecule has 1 radical (unpaired) electrons. The van der Waals surface area contributed by atoms with Gasteiger partial charge in [-0.2, -0.15) is 8.42 Å². The van der Waals surface area contributed by atoms with Crippen molar-refractivity contribution < 1.29 is 62.3 Å². The molecule has 0 aromatic rings. The molecule has 0 saturated carbocycles. The molecule has 3 nitrogen and oxygen atoms in total. The quantitative estimate of drug-likeness (QED) is 0.572. The largest absolute Gasteiger partial charge is 0.285 e. The van der Waals surface area contributed by atoms with Gasteiger partial charge >= 0.3 is 0 Å². The van der Waals surface area contributed by atoms with E-state index in [1.807, 2.05) is 0 Å². The molecule has 0 aliphatic heterocycles. The van der Waals surface area contributed by atoms with Gasteiger partial charge in [-0.05, 0) is 0 Å². The van der Waals surface area contributed by atoms with Crippen molar-refractivity contribution in [1.82, 2.24) is 0 Å². The van der Waals surface area contributed by atoms with Crippen LogP contribution in [0.1, 0.15) is 0 Å². The van der Waals surface area contributed by atoms with Gasteiger partial charge in [-0.15, -0.1) is 6.58 Å². The zero-order chi connectivity index (χ0) is 5.91. The predicted octanol–water partition coefficient (Wildman–Crippen LogP) is 0.0602. The Kier molecular flexibility index (Phi) is 7.56.